The van der Waals surface area contributed by atoms with E-state index in [1.54, 1.807) is 6.92 Å². The smallest absolute Gasteiger partial charge is 0.274 e. The van der Waals surface area contributed by atoms with Crippen LogP contribution in [0.1, 0.15) is 42.9 Å². The van der Waals surface area contributed by atoms with Gasteiger partial charge < -0.3 is 10.2 Å². The molecular formula is C18H21F3N4O. The molecule has 0 saturated carbocycles. The van der Waals surface area contributed by atoms with Gasteiger partial charge in [0.2, 0.25) is 5.95 Å². The Morgan fingerprint density at radius 2 is 1.73 bits per heavy atom. The van der Waals surface area contributed by atoms with Crippen LogP contribution in [0.4, 0.5) is 24.8 Å². The number of carbonyl (C=O) groups excluding carboxylic acids is 1. The lowest BCUT2D eigenvalue weighted by Crippen LogP contribution is -2.28. The topological polar surface area (TPSA) is 58.1 Å². The van der Waals surface area contributed by atoms with Crippen LogP contribution in [0.15, 0.2) is 18.2 Å². The maximum Gasteiger partial charge on any atom is 0.274 e. The van der Waals surface area contributed by atoms with Crippen molar-refractivity contribution >= 4 is 17.5 Å². The van der Waals surface area contributed by atoms with E-state index in [9.17, 15) is 18.0 Å². The Labute approximate surface area is 150 Å². The zero-order valence-electron chi connectivity index (χ0n) is 14.9. The maximum absolute atomic E-state index is 13.8. The number of benzene rings is 1. The highest BCUT2D eigenvalue weighted by Gasteiger charge is 2.18. The molecule has 0 fully saturated rings. The summed E-state index contributed by atoms with van der Waals surface area (Å²) in [5.74, 6) is -4.74. The average molecular weight is 366 g/mol. The van der Waals surface area contributed by atoms with Crippen molar-refractivity contribution in [3.8, 4) is 0 Å². The summed E-state index contributed by atoms with van der Waals surface area (Å²) in [6.07, 6.45) is 1.78. The summed E-state index contributed by atoms with van der Waals surface area (Å²) >= 11 is 0. The fraction of sp³-hybridized carbons (Fsp3) is 0.389. The van der Waals surface area contributed by atoms with Gasteiger partial charge in [0.15, 0.2) is 17.5 Å². The Hall–Kier alpha value is -2.64. The second kappa shape index (κ2) is 8.64. The Bertz CT molecular complexity index is 792. The summed E-state index contributed by atoms with van der Waals surface area (Å²) < 4.78 is 40.1. The van der Waals surface area contributed by atoms with Crippen molar-refractivity contribution in [1.29, 1.82) is 0 Å². The van der Waals surface area contributed by atoms with Gasteiger partial charge in [-0.25, -0.2) is 23.1 Å². The molecular weight excluding hydrogens is 345 g/mol. The molecule has 2 rings (SSSR count). The van der Waals surface area contributed by atoms with Crippen LogP contribution in [-0.4, -0.2) is 29.0 Å². The maximum atomic E-state index is 13.8. The van der Waals surface area contributed by atoms with Gasteiger partial charge in [0.25, 0.3) is 5.91 Å². The normalized spacial score (nSPS) is 10.7. The van der Waals surface area contributed by atoms with E-state index in [2.05, 4.69) is 15.3 Å². The highest BCUT2D eigenvalue weighted by Crippen LogP contribution is 2.20. The average Bonchev–Trinajstić information content (AvgIpc) is 2.61. The SMILES string of the molecule is CCCN(CCC)c1nc(C)cc(C(=O)Nc2ccc(F)c(F)c2F)n1. The van der Waals surface area contributed by atoms with Gasteiger partial charge in [-0.3, -0.25) is 4.79 Å². The zero-order valence-corrected chi connectivity index (χ0v) is 14.9. The molecule has 0 bridgehead atoms. The molecule has 1 aromatic carbocycles. The van der Waals surface area contributed by atoms with Crippen molar-refractivity contribution in [2.45, 2.75) is 33.6 Å². The predicted octanol–water partition coefficient (Wildman–Crippen LogP) is 4.08. The Balaban J connectivity index is 2.30. The minimum Gasteiger partial charge on any atom is -0.341 e. The minimum atomic E-state index is -1.64. The molecule has 1 amide bonds. The van der Waals surface area contributed by atoms with E-state index in [-0.39, 0.29) is 5.69 Å². The molecule has 0 spiro atoms. The fourth-order valence-corrected chi connectivity index (χ4v) is 2.47. The van der Waals surface area contributed by atoms with E-state index in [1.165, 1.54) is 6.07 Å². The molecule has 1 heterocycles. The highest BCUT2D eigenvalue weighted by atomic mass is 19.2. The van der Waals surface area contributed by atoms with Gasteiger partial charge in [0.05, 0.1) is 5.69 Å². The van der Waals surface area contributed by atoms with Gasteiger partial charge in [-0.1, -0.05) is 13.8 Å². The van der Waals surface area contributed by atoms with Crippen LogP contribution in [0.2, 0.25) is 0 Å². The Kier molecular flexibility index (Phi) is 6.54. The fourth-order valence-electron chi connectivity index (χ4n) is 2.47. The second-order valence-electron chi connectivity index (χ2n) is 5.86. The lowest BCUT2D eigenvalue weighted by molar-refractivity contribution is 0.102. The van der Waals surface area contributed by atoms with Crippen molar-refractivity contribution in [2.75, 3.05) is 23.3 Å². The summed E-state index contributed by atoms with van der Waals surface area (Å²) in [6, 6.07) is 3.16. The summed E-state index contributed by atoms with van der Waals surface area (Å²) in [5.41, 5.74) is 0.141. The first kappa shape index (κ1) is 19.7. The molecule has 26 heavy (non-hydrogen) atoms. The molecule has 0 aliphatic carbocycles. The van der Waals surface area contributed by atoms with Gasteiger partial charge in [-0.05, 0) is 38.0 Å². The molecule has 0 aliphatic heterocycles. The molecule has 1 N–H and O–H groups in total. The summed E-state index contributed by atoms with van der Waals surface area (Å²) in [6.45, 7) is 7.23. The Morgan fingerprint density at radius 1 is 1.08 bits per heavy atom. The van der Waals surface area contributed by atoms with Crippen LogP contribution in [0.25, 0.3) is 0 Å². The van der Waals surface area contributed by atoms with Crippen molar-refractivity contribution in [1.82, 2.24) is 9.97 Å². The number of amides is 1. The van der Waals surface area contributed by atoms with Crippen LogP contribution < -0.4 is 10.2 Å². The summed E-state index contributed by atoms with van der Waals surface area (Å²) in [4.78, 5) is 23.0. The number of nitrogens with zero attached hydrogens (tertiary/aromatic N) is 3. The van der Waals surface area contributed by atoms with Gasteiger partial charge in [-0.2, -0.15) is 0 Å². The number of hydrogen-bond donors (Lipinski definition) is 1. The lowest BCUT2D eigenvalue weighted by Gasteiger charge is -2.22. The highest BCUT2D eigenvalue weighted by molar-refractivity contribution is 6.03. The molecule has 0 aliphatic rings. The van der Waals surface area contributed by atoms with Crippen LogP contribution in [-0.2, 0) is 0 Å². The van der Waals surface area contributed by atoms with E-state index in [0.717, 1.165) is 38.1 Å². The van der Waals surface area contributed by atoms with Crippen LogP contribution in [0, 0.1) is 24.4 Å². The second-order valence-corrected chi connectivity index (χ2v) is 5.86. The van der Waals surface area contributed by atoms with Gasteiger partial charge in [0.1, 0.15) is 5.69 Å². The summed E-state index contributed by atoms with van der Waals surface area (Å²) in [5, 5.41) is 2.22. The van der Waals surface area contributed by atoms with Gasteiger partial charge in [0, 0.05) is 18.8 Å². The minimum absolute atomic E-state index is 0.0221. The first-order chi connectivity index (χ1) is 12.4. The lowest BCUT2D eigenvalue weighted by atomic mass is 10.2. The molecule has 8 heteroatoms. The molecule has 140 valence electrons. The van der Waals surface area contributed by atoms with Crippen molar-refractivity contribution in [3.05, 3.63) is 47.0 Å². The number of aryl methyl sites for hydroxylation is 1. The van der Waals surface area contributed by atoms with Gasteiger partial charge in [-0.15, -0.1) is 0 Å². The molecule has 0 saturated heterocycles. The first-order valence-corrected chi connectivity index (χ1v) is 8.42. The largest absolute Gasteiger partial charge is 0.341 e. The van der Waals surface area contributed by atoms with Crippen molar-refractivity contribution in [3.63, 3.8) is 0 Å². The van der Waals surface area contributed by atoms with Crippen LogP contribution in [0.3, 0.4) is 0 Å². The summed E-state index contributed by atoms with van der Waals surface area (Å²) in [7, 11) is 0. The number of nitrogens with one attached hydrogen (secondary N) is 1. The number of anilines is 2. The van der Waals surface area contributed by atoms with E-state index < -0.39 is 29.0 Å². The number of aromatic nitrogens is 2. The quantitative estimate of drug-likeness (QED) is 0.750. The third-order valence-corrected chi connectivity index (χ3v) is 3.63. The third kappa shape index (κ3) is 4.50. The van der Waals surface area contributed by atoms with E-state index in [1.807, 2.05) is 18.7 Å². The number of hydrogen-bond acceptors (Lipinski definition) is 4. The number of rotatable bonds is 7. The first-order valence-electron chi connectivity index (χ1n) is 8.42. The van der Waals surface area contributed by atoms with Crippen LogP contribution in [0.5, 0.6) is 0 Å². The standard InChI is InChI=1S/C18H21F3N4O/c1-4-8-25(9-5-2)18-22-11(3)10-14(24-18)17(26)23-13-7-6-12(19)15(20)16(13)21/h6-7,10H,4-5,8-9H2,1-3H3,(H,23,26). The van der Waals surface area contributed by atoms with E-state index >= 15 is 0 Å². The van der Waals surface area contributed by atoms with Crippen molar-refractivity contribution in [2.24, 2.45) is 0 Å². The molecule has 2 aromatic rings. The molecule has 1 aromatic heterocycles. The molecule has 5 nitrogen and oxygen atoms in total. The molecule has 0 radical (unpaired) electrons. The van der Waals surface area contributed by atoms with Crippen LogP contribution >= 0.6 is 0 Å². The predicted molar refractivity (Wildman–Crippen MR) is 93.8 cm³/mol. The molecule has 0 unspecified atom stereocenters. The number of carbonyl (C=O) groups is 1. The third-order valence-electron chi connectivity index (χ3n) is 3.63. The van der Waals surface area contributed by atoms with E-state index in [4.69, 9.17) is 0 Å². The number of halogens is 3. The zero-order chi connectivity index (χ0) is 19.3. The Morgan fingerprint density at radius 3 is 2.35 bits per heavy atom. The molecule has 0 atom stereocenters. The van der Waals surface area contributed by atoms with E-state index in [0.29, 0.717) is 11.6 Å². The van der Waals surface area contributed by atoms with Crippen molar-refractivity contribution < 1.29 is 18.0 Å². The monoisotopic (exact) mass is 366 g/mol. The van der Waals surface area contributed by atoms with Gasteiger partial charge >= 0.3 is 0 Å².